The van der Waals surface area contributed by atoms with Crippen LogP contribution in [-0.4, -0.2) is 53.0 Å². The lowest BCUT2D eigenvalue weighted by atomic mass is 9.96. The molecule has 0 aliphatic heterocycles. The summed E-state index contributed by atoms with van der Waals surface area (Å²) in [6, 6.07) is -3.62. The molecule has 162 valence electrons. The van der Waals surface area contributed by atoms with Gasteiger partial charge in [-0.3, -0.25) is 14.4 Å². The molecule has 6 N–H and O–H groups in total. The molecular weight excluding hydrogens is 364 g/mol. The van der Waals surface area contributed by atoms with Gasteiger partial charge in [0.1, 0.15) is 18.1 Å². The second kappa shape index (κ2) is 11.6. The fourth-order valence-electron chi connectivity index (χ4n) is 2.52. The van der Waals surface area contributed by atoms with Crippen molar-refractivity contribution in [2.45, 2.75) is 79.1 Å². The zero-order valence-corrected chi connectivity index (χ0v) is 17.9. The maximum absolute atomic E-state index is 12.7. The van der Waals surface area contributed by atoms with Crippen LogP contribution in [0.5, 0.6) is 0 Å². The van der Waals surface area contributed by atoms with E-state index in [2.05, 4.69) is 16.0 Å². The number of carbonyl (C=O) groups is 4. The average molecular weight is 401 g/mol. The van der Waals surface area contributed by atoms with E-state index in [1.165, 1.54) is 6.92 Å². The number of carboxylic acids is 1. The summed E-state index contributed by atoms with van der Waals surface area (Å²) >= 11 is 0. The van der Waals surface area contributed by atoms with Crippen LogP contribution in [0.15, 0.2) is 0 Å². The van der Waals surface area contributed by atoms with E-state index in [1.807, 2.05) is 6.92 Å². The summed E-state index contributed by atoms with van der Waals surface area (Å²) in [6.45, 7) is 12.1. The van der Waals surface area contributed by atoms with Crippen LogP contribution < -0.4 is 21.7 Å². The Morgan fingerprint density at radius 2 is 1.11 bits per heavy atom. The van der Waals surface area contributed by atoms with Crippen molar-refractivity contribution < 1.29 is 24.3 Å². The van der Waals surface area contributed by atoms with Crippen molar-refractivity contribution in [3.8, 4) is 0 Å². The van der Waals surface area contributed by atoms with Gasteiger partial charge in [0.2, 0.25) is 17.7 Å². The highest BCUT2D eigenvalue weighted by Crippen LogP contribution is 2.11. The second-order valence-corrected chi connectivity index (χ2v) is 7.96. The Bertz CT molecular complexity index is 563. The van der Waals surface area contributed by atoms with Gasteiger partial charge in [-0.15, -0.1) is 0 Å². The predicted octanol–water partition coefficient (Wildman–Crippen LogP) is 0.231. The molecule has 0 rings (SSSR count). The monoisotopic (exact) mass is 400 g/mol. The first kappa shape index (κ1) is 25.8. The zero-order valence-electron chi connectivity index (χ0n) is 17.9. The van der Waals surface area contributed by atoms with E-state index in [0.29, 0.717) is 6.42 Å². The number of rotatable bonds is 11. The van der Waals surface area contributed by atoms with Gasteiger partial charge < -0.3 is 26.8 Å². The van der Waals surface area contributed by atoms with Gasteiger partial charge in [0.15, 0.2) is 0 Å². The summed E-state index contributed by atoms with van der Waals surface area (Å²) in [7, 11) is 0. The second-order valence-electron chi connectivity index (χ2n) is 7.96. The van der Waals surface area contributed by atoms with E-state index in [-0.39, 0.29) is 17.8 Å². The van der Waals surface area contributed by atoms with E-state index < -0.39 is 47.9 Å². The van der Waals surface area contributed by atoms with Crippen LogP contribution in [0.25, 0.3) is 0 Å². The van der Waals surface area contributed by atoms with E-state index in [1.54, 1.807) is 34.6 Å². The highest BCUT2D eigenvalue weighted by atomic mass is 16.4. The molecule has 3 amide bonds. The van der Waals surface area contributed by atoms with E-state index in [0.717, 1.165) is 0 Å². The van der Waals surface area contributed by atoms with Crippen molar-refractivity contribution >= 4 is 23.7 Å². The molecule has 9 nitrogen and oxygen atoms in total. The van der Waals surface area contributed by atoms with E-state index in [4.69, 9.17) is 5.73 Å². The Labute approximate surface area is 167 Å². The molecule has 0 saturated heterocycles. The minimum absolute atomic E-state index is 0.231. The smallest absolute Gasteiger partial charge is 0.326 e. The normalized spacial score (nSPS) is 16.6. The third-order valence-electron chi connectivity index (χ3n) is 4.68. The fourth-order valence-corrected chi connectivity index (χ4v) is 2.52. The molecule has 0 aromatic rings. The standard InChI is InChI=1S/C19H36N4O5/c1-8-11(6)15(19(27)28)23-18(26)14(10(4)5)22-17(25)13(9(2)3)21-16(24)12(7)20/h9-15H,8,20H2,1-7H3,(H,21,24)(H,22,25)(H,23,26)(H,27,28). The number of hydrogen-bond donors (Lipinski definition) is 5. The highest BCUT2D eigenvalue weighted by Gasteiger charge is 2.33. The van der Waals surface area contributed by atoms with Gasteiger partial charge in [0.25, 0.3) is 0 Å². The van der Waals surface area contributed by atoms with E-state index >= 15 is 0 Å². The largest absolute Gasteiger partial charge is 0.480 e. The number of hydrogen-bond acceptors (Lipinski definition) is 5. The molecule has 0 fully saturated rings. The molecular formula is C19H36N4O5. The lowest BCUT2D eigenvalue weighted by Crippen LogP contribution is -2.59. The summed E-state index contributed by atoms with van der Waals surface area (Å²) in [4.78, 5) is 48.7. The minimum Gasteiger partial charge on any atom is -0.480 e. The van der Waals surface area contributed by atoms with Gasteiger partial charge in [-0.2, -0.15) is 0 Å². The molecule has 0 radical (unpaired) electrons. The average Bonchev–Trinajstić information content (AvgIpc) is 2.59. The van der Waals surface area contributed by atoms with Crippen LogP contribution in [0.2, 0.25) is 0 Å². The van der Waals surface area contributed by atoms with Crippen molar-refractivity contribution in [1.29, 1.82) is 0 Å². The molecule has 5 atom stereocenters. The molecule has 5 unspecified atom stereocenters. The number of carbonyl (C=O) groups excluding carboxylic acids is 3. The first-order valence-electron chi connectivity index (χ1n) is 9.72. The summed E-state index contributed by atoms with van der Waals surface area (Å²) in [5.74, 6) is -3.47. The van der Waals surface area contributed by atoms with Crippen molar-refractivity contribution in [3.63, 3.8) is 0 Å². The molecule has 9 heteroatoms. The molecule has 0 aliphatic carbocycles. The number of nitrogens with two attached hydrogens (primary N) is 1. The maximum atomic E-state index is 12.7. The number of amides is 3. The zero-order chi connectivity index (χ0) is 22.2. The Morgan fingerprint density at radius 3 is 1.39 bits per heavy atom. The van der Waals surface area contributed by atoms with Crippen molar-refractivity contribution in [2.75, 3.05) is 0 Å². The molecule has 0 saturated carbocycles. The SMILES string of the molecule is CCC(C)C(NC(=O)C(NC(=O)C(NC(=O)C(C)N)C(C)C)C(C)C)C(=O)O. The lowest BCUT2D eigenvalue weighted by molar-refractivity contribution is -0.144. The van der Waals surface area contributed by atoms with Gasteiger partial charge in [-0.05, 0) is 24.7 Å². The van der Waals surface area contributed by atoms with Crippen molar-refractivity contribution in [2.24, 2.45) is 23.5 Å². The van der Waals surface area contributed by atoms with Crippen LogP contribution >= 0.6 is 0 Å². The number of carboxylic acid groups (broad SMARTS) is 1. The first-order chi connectivity index (χ1) is 12.8. The van der Waals surface area contributed by atoms with Gasteiger partial charge in [0, 0.05) is 0 Å². The molecule has 0 aliphatic rings. The molecule has 0 bridgehead atoms. The third kappa shape index (κ3) is 7.84. The van der Waals surface area contributed by atoms with Crippen molar-refractivity contribution in [3.05, 3.63) is 0 Å². The Balaban J connectivity index is 5.35. The molecule has 0 spiro atoms. The van der Waals surface area contributed by atoms with Crippen molar-refractivity contribution in [1.82, 2.24) is 16.0 Å². The lowest BCUT2D eigenvalue weighted by Gasteiger charge is -2.29. The molecule has 0 aromatic carbocycles. The molecule has 28 heavy (non-hydrogen) atoms. The Morgan fingerprint density at radius 1 is 0.750 bits per heavy atom. The summed E-state index contributed by atoms with van der Waals surface area (Å²) < 4.78 is 0. The number of nitrogens with one attached hydrogen (secondary N) is 3. The third-order valence-corrected chi connectivity index (χ3v) is 4.68. The van der Waals surface area contributed by atoms with Crippen LogP contribution in [-0.2, 0) is 19.2 Å². The van der Waals surface area contributed by atoms with Crippen LogP contribution in [0.4, 0.5) is 0 Å². The van der Waals surface area contributed by atoms with Gasteiger partial charge >= 0.3 is 5.97 Å². The summed E-state index contributed by atoms with van der Waals surface area (Å²) in [6.07, 6.45) is 0.578. The Kier molecular flexibility index (Phi) is 10.7. The van der Waals surface area contributed by atoms with Gasteiger partial charge in [0.05, 0.1) is 6.04 Å². The molecule has 0 aromatic heterocycles. The molecule has 0 heterocycles. The van der Waals surface area contributed by atoms with Gasteiger partial charge in [-0.25, -0.2) is 4.79 Å². The van der Waals surface area contributed by atoms with Gasteiger partial charge in [-0.1, -0.05) is 48.0 Å². The first-order valence-corrected chi connectivity index (χ1v) is 9.72. The topological polar surface area (TPSA) is 151 Å². The summed E-state index contributed by atoms with van der Waals surface area (Å²) in [5.41, 5.74) is 5.54. The summed E-state index contributed by atoms with van der Waals surface area (Å²) in [5, 5.41) is 17.1. The minimum atomic E-state index is -1.12. The van der Waals surface area contributed by atoms with Crippen LogP contribution in [0, 0.1) is 17.8 Å². The number of aliphatic carboxylic acids is 1. The fraction of sp³-hybridized carbons (Fsp3) is 0.789. The van der Waals surface area contributed by atoms with E-state index in [9.17, 15) is 24.3 Å². The maximum Gasteiger partial charge on any atom is 0.326 e. The highest BCUT2D eigenvalue weighted by molar-refractivity contribution is 5.94. The quantitative estimate of drug-likeness (QED) is 0.335. The Hall–Kier alpha value is -2.16. The van der Waals surface area contributed by atoms with Crippen LogP contribution in [0.1, 0.15) is 54.9 Å². The van der Waals surface area contributed by atoms with Crippen LogP contribution in [0.3, 0.4) is 0 Å². The predicted molar refractivity (Wildman–Crippen MR) is 106 cm³/mol.